The first-order chi connectivity index (χ1) is 6.64. The average molecular weight is 194 g/mol. The van der Waals surface area contributed by atoms with Crippen molar-refractivity contribution in [1.82, 2.24) is 0 Å². The molecule has 1 heterocycles. The summed E-state index contributed by atoms with van der Waals surface area (Å²) in [5, 5.41) is 0. The van der Waals surface area contributed by atoms with E-state index in [-0.39, 0.29) is 12.5 Å². The first-order valence-electron chi connectivity index (χ1n) is 5.36. The molecule has 1 rings (SSSR count). The quantitative estimate of drug-likeness (QED) is 0.381. The molecule has 0 atom stereocenters. The minimum absolute atomic E-state index is 0.140. The highest BCUT2D eigenvalue weighted by atomic mass is 16.6. The van der Waals surface area contributed by atoms with Gasteiger partial charge in [0.25, 0.3) is 0 Å². The second kappa shape index (κ2) is 5.43. The lowest BCUT2D eigenvalue weighted by Gasteiger charge is -2.31. The van der Waals surface area contributed by atoms with Crippen LogP contribution in [0.25, 0.3) is 0 Å². The monoisotopic (exact) mass is 194 g/mol. The molecular weight excluding hydrogens is 175 g/mol. The van der Waals surface area contributed by atoms with Crippen molar-refractivity contribution < 1.29 is 9.31 Å². The molecule has 0 unspecified atom stereocenters. The molecule has 0 bridgehead atoms. The lowest BCUT2D eigenvalue weighted by atomic mass is 9.84. The van der Waals surface area contributed by atoms with E-state index >= 15 is 0 Å². The zero-order valence-electron chi connectivity index (χ0n) is 9.43. The fourth-order valence-electron chi connectivity index (χ4n) is 1.20. The average Bonchev–Trinajstić information content (AvgIpc) is 2.15. The van der Waals surface area contributed by atoms with Gasteiger partial charge in [-0.05, 0) is 6.42 Å². The Morgan fingerprint density at radius 2 is 1.93 bits per heavy atom. The third-order valence-electron chi connectivity index (χ3n) is 2.13. The molecule has 2 nitrogen and oxygen atoms in total. The summed E-state index contributed by atoms with van der Waals surface area (Å²) >= 11 is 0. The number of rotatable bonds is 2. The van der Waals surface area contributed by atoms with E-state index in [4.69, 9.17) is 9.31 Å². The van der Waals surface area contributed by atoms with Crippen LogP contribution in [0.1, 0.15) is 40.0 Å². The largest absolute Gasteiger partial charge is 0.550 e. The molecular formula is C11H19BO2. The SMILES string of the molecule is CCCCC#CB1OCC(C)(C)CO1. The van der Waals surface area contributed by atoms with Gasteiger partial charge in [-0.1, -0.05) is 33.0 Å². The predicted molar refractivity (Wildman–Crippen MR) is 58.7 cm³/mol. The Kier molecular flexibility index (Phi) is 4.51. The van der Waals surface area contributed by atoms with Crippen molar-refractivity contribution in [2.75, 3.05) is 13.2 Å². The van der Waals surface area contributed by atoms with Gasteiger partial charge in [0.05, 0.1) is 0 Å². The molecule has 0 N–H and O–H groups in total. The van der Waals surface area contributed by atoms with Crippen molar-refractivity contribution in [3.63, 3.8) is 0 Å². The van der Waals surface area contributed by atoms with Gasteiger partial charge in [0.15, 0.2) is 0 Å². The van der Waals surface area contributed by atoms with Crippen LogP contribution in [0.2, 0.25) is 0 Å². The number of unbranched alkanes of at least 4 members (excludes halogenated alkanes) is 2. The van der Waals surface area contributed by atoms with Gasteiger partial charge in [-0.15, -0.1) is 5.92 Å². The number of hydrogen-bond acceptors (Lipinski definition) is 2. The molecule has 0 radical (unpaired) electrons. The van der Waals surface area contributed by atoms with E-state index in [1.165, 1.54) is 6.42 Å². The van der Waals surface area contributed by atoms with Gasteiger partial charge in [-0.25, -0.2) is 0 Å². The lowest BCUT2D eigenvalue weighted by molar-refractivity contribution is 0.0347. The van der Waals surface area contributed by atoms with Gasteiger partial charge >= 0.3 is 7.12 Å². The summed E-state index contributed by atoms with van der Waals surface area (Å²) in [6, 6.07) is 0. The Morgan fingerprint density at radius 1 is 1.29 bits per heavy atom. The molecule has 0 spiro atoms. The van der Waals surface area contributed by atoms with Gasteiger partial charge < -0.3 is 9.31 Å². The summed E-state index contributed by atoms with van der Waals surface area (Å²) in [7, 11) is -0.292. The Labute approximate surface area is 87.5 Å². The van der Waals surface area contributed by atoms with E-state index in [1.54, 1.807) is 0 Å². The molecule has 1 aliphatic heterocycles. The smallest absolute Gasteiger partial charge is 0.400 e. The fraction of sp³-hybridized carbons (Fsp3) is 0.818. The minimum atomic E-state index is -0.292. The second-order valence-corrected chi connectivity index (χ2v) is 4.54. The Morgan fingerprint density at radius 3 is 2.50 bits per heavy atom. The Balaban J connectivity index is 2.24. The Bertz CT molecular complexity index is 217. The van der Waals surface area contributed by atoms with Crippen molar-refractivity contribution in [3.05, 3.63) is 0 Å². The molecule has 0 aromatic carbocycles. The molecule has 1 fully saturated rings. The van der Waals surface area contributed by atoms with Crippen molar-refractivity contribution in [2.24, 2.45) is 5.41 Å². The fourth-order valence-corrected chi connectivity index (χ4v) is 1.20. The van der Waals surface area contributed by atoms with Crippen LogP contribution < -0.4 is 0 Å². The van der Waals surface area contributed by atoms with Gasteiger partial charge in [0, 0.05) is 25.0 Å². The van der Waals surface area contributed by atoms with Gasteiger partial charge in [0.1, 0.15) is 0 Å². The highest BCUT2D eigenvalue weighted by Crippen LogP contribution is 2.20. The third kappa shape index (κ3) is 4.17. The van der Waals surface area contributed by atoms with Crippen LogP contribution in [0, 0.1) is 17.2 Å². The highest BCUT2D eigenvalue weighted by molar-refractivity contribution is 6.54. The molecule has 0 aromatic heterocycles. The molecule has 14 heavy (non-hydrogen) atoms. The maximum absolute atomic E-state index is 5.48. The second-order valence-electron chi connectivity index (χ2n) is 4.54. The van der Waals surface area contributed by atoms with Gasteiger partial charge in [-0.2, -0.15) is 0 Å². The molecule has 1 saturated heterocycles. The molecule has 0 saturated carbocycles. The maximum atomic E-state index is 5.48. The zero-order chi connectivity index (χ0) is 10.4. The Hall–Kier alpha value is -0.455. The topological polar surface area (TPSA) is 18.5 Å². The van der Waals surface area contributed by atoms with E-state index in [9.17, 15) is 0 Å². The first-order valence-corrected chi connectivity index (χ1v) is 5.36. The van der Waals surface area contributed by atoms with E-state index in [2.05, 4.69) is 32.5 Å². The van der Waals surface area contributed by atoms with E-state index in [0.29, 0.717) is 0 Å². The molecule has 0 aliphatic carbocycles. The van der Waals surface area contributed by atoms with Crippen molar-refractivity contribution in [2.45, 2.75) is 40.0 Å². The van der Waals surface area contributed by atoms with Crippen LogP contribution in [0.15, 0.2) is 0 Å². The van der Waals surface area contributed by atoms with Gasteiger partial charge in [-0.3, -0.25) is 0 Å². The molecule has 3 heteroatoms. The summed E-state index contributed by atoms with van der Waals surface area (Å²) in [5.41, 5.74) is 0.140. The molecule has 0 amide bonds. The summed E-state index contributed by atoms with van der Waals surface area (Å²) < 4.78 is 11.0. The lowest BCUT2D eigenvalue weighted by Crippen LogP contribution is -2.40. The van der Waals surface area contributed by atoms with Crippen molar-refractivity contribution in [3.8, 4) is 11.7 Å². The van der Waals surface area contributed by atoms with E-state index in [0.717, 1.165) is 26.1 Å². The van der Waals surface area contributed by atoms with Crippen LogP contribution in [0.5, 0.6) is 0 Å². The van der Waals surface area contributed by atoms with Gasteiger partial charge in [0.2, 0.25) is 0 Å². The normalized spacial score (nSPS) is 20.1. The van der Waals surface area contributed by atoms with Crippen molar-refractivity contribution >= 4 is 7.12 Å². The van der Waals surface area contributed by atoms with E-state index in [1.807, 2.05) is 0 Å². The van der Waals surface area contributed by atoms with E-state index < -0.39 is 0 Å². The van der Waals surface area contributed by atoms with Crippen LogP contribution in [0.3, 0.4) is 0 Å². The molecule has 1 aliphatic rings. The van der Waals surface area contributed by atoms with Crippen LogP contribution in [-0.4, -0.2) is 20.3 Å². The highest BCUT2D eigenvalue weighted by Gasteiger charge is 2.30. The van der Waals surface area contributed by atoms with Crippen LogP contribution >= 0.6 is 0 Å². The van der Waals surface area contributed by atoms with Crippen LogP contribution in [0.4, 0.5) is 0 Å². The number of hydrogen-bond donors (Lipinski definition) is 0. The maximum Gasteiger partial charge on any atom is 0.550 e. The summed E-state index contributed by atoms with van der Waals surface area (Å²) in [6.45, 7) is 7.90. The molecule has 0 aromatic rings. The summed E-state index contributed by atoms with van der Waals surface area (Å²) in [6.07, 6.45) is 3.29. The first kappa shape index (κ1) is 11.6. The third-order valence-corrected chi connectivity index (χ3v) is 2.13. The molecule has 78 valence electrons. The minimum Gasteiger partial charge on any atom is -0.400 e. The van der Waals surface area contributed by atoms with Crippen molar-refractivity contribution in [1.29, 1.82) is 0 Å². The predicted octanol–water partition coefficient (Wildman–Crippen LogP) is 2.28. The zero-order valence-corrected chi connectivity index (χ0v) is 9.43. The standard InChI is InChI=1S/C11H19BO2/c1-4-5-6-7-8-12-13-9-11(2,3)10-14-12/h4-6,9-10H2,1-3H3. The summed E-state index contributed by atoms with van der Waals surface area (Å²) in [5.74, 6) is 6.08. The van der Waals surface area contributed by atoms with Crippen LogP contribution in [-0.2, 0) is 9.31 Å². The summed E-state index contributed by atoms with van der Waals surface area (Å²) in [4.78, 5) is 0.